The summed E-state index contributed by atoms with van der Waals surface area (Å²) in [6.45, 7) is 10.4. The van der Waals surface area contributed by atoms with Crippen molar-refractivity contribution in [3.63, 3.8) is 0 Å². The number of aromatic nitrogens is 4. The van der Waals surface area contributed by atoms with Crippen LogP contribution in [0.15, 0.2) is 16.4 Å². The van der Waals surface area contributed by atoms with E-state index in [1.165, 1.54) is 16.9 Å². The summed E-state index contributed by atoms with van der Waals surface area (Å²) in [6, 6.07) is 0. The van der Waals surface area contributed by atoms with Crippen molar-refractivity contribution in [2.75, 3.05) is 13.1 Å². The van der Waals surface area contributed by atoms with E-state index in [4.69, 9.17) is 4.98 Å². The minimum Gasteiger partial charge on any atom is -0.297 e. The highest BCUT2D eigenvalue weighted by Gasteiger charge is 2.20. The van der Waals surface area contributed by atoms with Crippen LogP contribution in [0.1, 0.15) is 29.6 Å². The zero-order valence-electron chi connectivity index (χ0n) is 14.9. The fourth-order valence-corrected chi connectivity index (χ4v) is 4.40. The van der Waals surface area contributed by atoms with E-state index < -0.39 is 0 Å². The Balaban J connectivity index is 1.59. The standard InChI is InChI=1S/C18H23N5OS/c1-4-22-10-14(13(3)20-22)9-21-6-5-15-19-16-12(2)11-25-17(16)18(24)23(15)8-7-21/h10-11H,4-9H2,1-3H3. The minimum atomic E-state index is 0.120. The van der Waals surface area contributed by atoms with Gasteiger partial charge in [-0.1, -0.05) is 0 Å². The number of nitrogens with zero attached hydrogens (tertiary/aromatic N) is 5. The molecule has 3 aromatic heterocycles. The molecule has 0 aromatic carbocycles. The average Bonchev–Trinajstić information content (AvgIpc) is 3.06. The first kappa shape index (κ1) is 16.5. The first-order chi connectivity index (χ1) is 12.1. The fourth-order valence-electron chi connectivity index (χ4n) is 3.47. The quantitative estimate of drug-likeness (QED) is 0.722. The summed E-state index contributed by atoms with van der Waals surface area (Å²) in [6.07, 6.45) is 2.94. The first-order valence-electron chi connectivity index (χ1n) is 8.79. The van der Waals surface area contributed by atoms with Crippen LogP contribution >= 0.6 is 11.3 Å². The maximum Gasteiger partial charge on any atom is 0.271 e. The van der Waals surface area contributed by atoms with Gasteiger partial charge in [0.2, 0.25) is 0 Å². The lowest BCUT2D eigenvalue weighted by atomic mass is 10.2. The van der Waals surface area contributed by atoms with Crippen molar-refractivity contribution in [1.82, 2.24) is 24.2 Å². The molecule has 0 radical (unpaired) electrons. The second kappa shape index (κ2) is 6.38. The molecule has 0 N–H and O–H groups in total. The molecule has 132 valence electrons. The number of thiophene rings is 1. The molecule has 3 aromatic rings. The predicted molar refractivity (Wildman–Crippen MR) is 100 cm³/mol. The summed E-state index contributed by atoms with van der Waals surface area (Å²) in [7, 11) is 0. The van der Waals surface area contributed by atoms with Gasteiger partial charge in [-0.05, 0) is 31.7 Å². The molecule has 0 bridgehead atoms. The smallest absolute Gasteiger partial charge is 0.271 e. The lowest BCUT2D eigenvalue weighted by Gasteiger charge is -2.18. The Labute approximate surface area is 150 Å². The van der Waals surface area contributed by atoms with E-state index >= 15 is 0 Å². The molecule has 0 fully saturated rings. The highest BCUT2D eigenvalue weighted by Crippen LogP contribution is 2.21. The van der Waals surface area contributed by atoms with Crippen LogP contribution in [0.2, 0.25) is 0 Å². The van der Waals surface area contributed by atoms with Gasteiger partial charge in [0.05, 0.1) is 11.2 Å². The Morgan fingerprint density at radius 1 is 1.24 bits per heavy atom. The molecule has 0 saturated carbocycles. The molecule has 0 aliphatic carbocycles. The highest BCUT2D eigenvalue weighted by molar-refractivity contribution is 7.17. The molecule has 7 heteroatoms. The predicted octanol–water partition coefficient (Wildman–Crippen LogP) is 2.35. The minimum absolute atomic E-state index is 0.120. The van der Waals surface area contributed by atoms with Crippen molar-refractivity contribution < 1.29 is 0 Å². The summed E-state index contributed by atoms with van der Waals surface area (Å²) >= 11 is 1.51. The van der Waals surface area contributed by atoms with Crippen LogP contribution in [0.25, 0.3) is 10.2 Å². The molecule has 0 atom stereocenters. The van der Waals surface area contributed by atoms with Gasteiger partial charge in [-0.25, -0.2) is 4.98 Å². The number of rotatable bonds is 3. The van der Waals surface area contributed by atoms with Gasteiger partial charge in [0.15, 0.2) is 0 Å². The number of hydrogen-bond donors (Lipinski definition) is 0. The fraction of sp³-hybridized carbons (Fsp3) is 0.500. The van der Waals surface area contributed by atoms with Crippen LogP contribution in [-0.4, -0.2) is 37.3 Å². The van der Waals surface area contributed by atoms with Gasteiger partial charge < -0.3 is 0 Å². The molecule has 0 amide bonds. The van der Waals surface area contributed by atoms with E-state index in [-0.39, 0.29) is 5.56 Å². The van der Waals surface area contributed by atoms with Gasteiger partial charge in [-0.2, -0.15) is 5.10 Å². The lowest BCUT2D eigenvalue weighted by Crippen LogP contribution is -2.28. The molecule has 0 saturated heterocycles. The maximum absolute atomic E-state index is 12.8. The van der Waals surface area contributed by atoms with E-state index in [0.717, 1.165) is 59.9 Å². The molecule has 4 heterocycles. The summed E-state index contributed by atoms with van der Waals surface area (Å²) in [5, 5.41) is 6.56. The molecule has 0 unspecified atom stereocenters. The second-order valence-electron chi connectivity index (χ2n) is 6.70. The molecule has 1 aliphatic rings. The molecule has 6 nitrogen and oxygen atoms in total. The Morgan fingerprint density at radius 3 is 2.84 bits per heavy atom. The summed E-state index contributed by atoms with van der Waals surface area (Å²) < 4.78 is 4.65. The molecule has 1 aliphatic heterocycles. The van der Waals surface area contributed by atoms with Gasteiger partial charge in [-0.3, -0.25) is 18.9 Å². The second-order valence-corrected chi connectivity index (χ2v) is 7.58. The SMILES string of the molecule is CCn1cc(CN2CCc3nc4c(C)csc4c(=O)n3CC2)c(C)n1. The van der Waals surface area contributed by atoms with Gasteiger partial charge in [-0.15, -0.1) is 11.3 Å². The normalized spacial score (nSPS) is 15.5. The number of hydrogen-bond acceptors (Lipinski definition) is 5. The summed E-state index contributed by atoms with van der Waals surface area (Å²) in [5.74, 6) is 0.919. The van der Waals surface area contributed by atoms with Gasteiger partial charge in [0.1, 0.15) is 10.5 Å². The Bertz CT molecular complexity index is 983. The van der Waals surface area contributed by atoms with Gasteiger partial charge in [0, 0.05) is 50.9 Å². The zero-order chi connectivity index (χ0) is 17.6. The van der Waals surface area contributed by atoms with E-state index in [1.54, 1.807) is 0 Å². The maximum atomic E-state index is 12.8. The van der Waals surface area contributed by atoms with E-state index in [9.17, 15) is 4.79 Å². The van der Waals surface area contributed by atoms with Gasteiger partial charge >= 0.3 is 0 Å². The van der Waals surface area contributed by atoms with Crippen LogP contribution in [0.5, 0.6) is 0 Å². The van der Waals surface area contributed by atoms with Crippen LogP contribution in [0, 0.1) is 13.8 Å². The summed E-state index contributed by atoms with van der Waals surface area (Å²) in [4.78, 5) is 20.0. The van der Waals surface area contributed by atoms with Crippen molar-refractivity contribution in [1.29, 1.82) is 0 Å². The Morgan fingerprint density at radius 2 is 2.08 bits per heavy atom. The van der Waals surface area contributed by atoms with E-state index in [0.29, 0.717) is 6.54 Å². The number of aryl methyl sites for hydroxylation is 3. The molecule has 4 rings (SSSR count). The number of fused-ring (bicyclic) bond motifs is 2. The monoisotopic (exact) mass is 357 g/mol. The molecule has 25 heavy (non-hydrogen) atoms. The third kappa shape index (κ3) is 2.91. The summed E-state index contributed by atoms with van der Waals surface area (Å²) in [5.41, 5.74) is 4.47. The topological polar surface area (TPSA) is 56.0 Å². The van der Waals surface area contributed by atoms with Gasteiger partial charge in [0.25, 0.3) is 5.56 Å². The Kier molecular flexibility index (Phi) is 4.21. The van der Waals surface area contributed by atoms with Crippen molar-refractivity contribution >= 4 is 21.6 Å². The Hall–Kier alpha value is -1.99. The van der Waals surface area contributed by atoms with Crippen LogP contribution in [0.3, 0.4) is 0 Å². The molecular formula is C18H23N5OS. The average molecular weight is 357 g/mol. The highest BCUT2D eigenvalue weighted by atomic mass is 32.1. The largest absolute Gasteiger partial charge is 0.297 e. The lowest BCUT2D eigenvalue weighted by molar-refractivity contribution is 0.270. The molecule has 0 spiro atoms. The van der Waals surface area contributed by atoms with Crippen molar-refractivity contribution in [2.24, 2.45) is 0 Å². The van der Waals surface area contributed by atoms with Crippen LogP contribution in [0.4, 0.5) is 0 Å². The third-order valence-electron chi connectivity index (χ3n) is 4.99. The first-order valence-corrected chi connectivity index (χ1v) is 9.67. The molecular weight excluding hydrogens is 334 g/mol. The van der Waals surface area contributed by atoms with Crippen LogP contribution in [-0.2, 0) is 26.1 Å². The van der Waals surface area contributed by atoms with E-state index in [2.05, 4.69) is 30.0 Å². The van der Waals surface area contributed by atoms with Crippen molar-refractivity contribution in [3.05, 3.63) is 44.6 Å². The zero-order valence-corrected chi connectivity index (χ0v) is 15.8. The van der Waals surface area contributed by atoms with Crippen LogP contribution < -0.4 is 5.56 Å². The van der Waals surface area contributed by atoms with Crippen molar-refractivity contribution in [3.8, 4) is 0 Å². The van der Waals surface area contributed by atoms with E-state index in [1.807, 2.05) is 21.6 Å². The van der Waals surface area contributed by atoms with Crippen molar-refractivity contribution in [2.45, 2.75) is 46.8 Å². The third-order valence-corrected chi connectivity index (χ3v) is 6.07.